The highest BCUT2D eigenvalue weighted by Gasteiger charge is 2.30. The Kier molecular flexibility index (Phi) is 5.74. The van der Waals surface area contributed by atoms with Gasteiger partial charge in [-0.1, -0.05) is 36.4 Å². The van der Waals surface area contributed by atoms with Crippen LogP contribution in [0.1, 0.15) is 12.0 Å². The van der Waals surface area contributed by atoms with Crippen molar-refractivity contribution in [3.8, 4) is 28.5 Å². The lowest BCUT2D eigenvalue weighted by molar-refractivity contribution is -0.0290. The number of hydrogen-bond acceptors (Lipinski definition) is 6. The zero-order valence-corrected chi connectivity index (χ0v) is 17.3. The predicted octanol–water partition coefficient (Wildman–Crippen LogP) is 3.53. The Morgan fingerprint density at radius 1 is 1.00 bits per heavy atom. The summed E-state index contributed by atoms with van der Waals surface area (Å²) in [4.78, 5) is 6.66. The summed E-state index contributed by atoms with van der Waals surface area (Å²) in [5.74, 6) is 1.97. The van der Waals surface area contributed by atoms with Gasteiger partial charge in [0.25, 0.3) is 0 Å². The van der Waals surface area contributed by atoms with E-state index in [1.807, 2.05) is 36.4 Å². The Morgan fingerprint density at radius 3 is 2.68 bits per heavy atom. The van der Waals surface area contributed by atoms with Crippen LogP contribution in [0.15, 0.2) is 66.9 Å². The van der Waals surface area contributed by atoms with Crippen LogP contribution in [-0.2, 0) is 6.54 Å². The zero-order chi connectivity index (χ0) is 21.0. The summed E-state index contributed by atoms with van der Waals surface area (Å²) in [6, 6.07) is 20.0. The van der Waals surface area contributed by atoms with Crippen molar-refractivity contribution < 1.29 is 19.3 Å². The first-order chi connectivity index (χ1) is 15.3. The van der Waals surface area contributed by atoms with Crippen molar-refractivity contribution in [2.45, 2.75) is 25.2 Å². The molecular formula is C25H26N2O4. The van der Waals surface area contributed by atoms with Gasteiger partial charge in [-0.3, -0.25) is 9.88 Å². The molecule has 0 saturated carbocycles. The highest BCUT2D eigenvalue weighted by Crippen LogP contribution is 2.40. The highest BCUT2D eigenvalue weighted by molar-refractivity contribution is 5.59. The average Bonchev–Trinajstić information content (AvgIpc) is 2.82. The second-order valence-electron chi connectivity index (χ2n) is 7.94. The topological polar surface area (TPSA) is 64.1 Å². The summed E-state index contributed by atoms with van der Waals surface area (Å²) < 4.78 is 17.5. The minimum Gasteiger partial charge on any atom is -0.486 e. The van der Waals surface area contributed by atoms with E-state index >= 15 is 0 Å². The molecule has 5 rings (SSSR count). The molecule has 1 saturated heterocycles. The van der Waals surface area contributed by atoms with Gasteiger partial charge in [0, 0.05) is 31.4 Å². The maximum Gasteiger partial charge on any atom is 0.203 e. The quantitative estimate of drug-likeness (QED) is 0.684. The number of aliphatic hydroxyl groups excluding tert-OH is 1. The molecule has 160 valence electrons. The first-order valence-electron chi connectivity index (χ1n) is 10.7. The molecule has 0 radical (unpaired) electrons. The minimum absolute atomic E-state index is 0.264. The van der Waals surface area contributed by atoms with E-state index < -0.39 is 6.10 Å². The number of fused-ring (bicyclic) bond motifs is 1. The van der Waals surface area contributed by atoms with Crippen LogP contribution in [0.2, 0.25) is 0 Å². The SMILES string of the molecule is O[C@@H]1CN(Cc2ccc(-c3ccccn3)cc2)CC[C@H]1Oc1cccc2c1OCCO2. The lowest BCUT2D eigenvalue weighted by Crippen LogP contribution is -2.48. The zero-order valence-electron chi connectivity index (χ0n) is 17.3. The smallest absolute Gasteiger partial charge is 0.203 e. The number of hydrogen-bond donors (Lipinski definition) is 1. The fourth-order valence-electron chi connectivity index (χ4n) is 4.13. The Labute approximate surface area is 182 Å². The molecule has 0 bridgehead atoms. The van der Waals surface area contributed by atoms with E-state index in [4.69, 9.17) is 14.2 Å². The van der Waals surface area contributed by atoms with Gasteiger partial charge in [-0.25, -0.2) is 0 Å². The summed E-state index contributed by atoms with van der Waals surface area (Å²) >= 11 is 0. The first kappa shape index (κ1) is 19.8. The summed E-state index contributed by atoms with van der Waals surface area (Å²) in [6.07, 6.45) is 1.72. The molecule has 3 aromatic rings. The fraction of sp³-hybridized carbons (Fsp3) is 0.320. The number of likely N-dealkylation sites (tertiary alicyclic amines) is 1. The summed E-state index contributed by atoms with van der Waals surface area (Å²) in [5, 5.41) is 10.7. The maximum absolute atomic E-state index is 10.7. The second-order valence-corrected chi connectivity index (χ2v) is 7.94. The monoisotopic (exact) mass is 418 g/mol. The average molecular weight is 418 g/mol. The number of β-amino-alcohol motifs (C(OH)–C–C–N with tert-alkyl or cyclic N) is 1. The molecule has 2 aliphatic heterocycles. The van der Waals surface area contributed by atoms with Crippen molar-refractivity contribution in [2.24, 2.45) is 0 Å². The third-order valence-electron chi connectivity index (χ3n) is 5.73. The number of nitrogens with zero attached hydrogens (tertiary/aromatic N) is 2. The molecular weight excluding hydrogens is 392 g/mol. The predicted molar refractivity (Wildman–Crippen MR) is 117 cm³/mol. The van der Waals surface area contributed by atoms with Gasteiger partial charge >= 0.3 is 0 Å². The molecule has 6 heteroatoms. The van der Waals surface area contributed by atoms with Crippen LogP contribution in [-0.4, -0.2) is 53.5 Å². The van der Waals surface area contributed by atoms with Gasteiger partial charge in [0.15, 0.2) is 11.5 Å². The fourth-order valence-corrected chi connectivity index (χ4v) is 4.13. The number of benzene rings is 2. The third-order valence-corrected chi connectivity index (χ3v) is 5.73. The largest absolute Gasteiger partial charge is 0.486 e. The Bertz CT molecular complexity index is 1010. The van der Waals surface area contributed by atoms with Crippen LogP contribution in [0.5, 0.6) is 17.2 Å². The number of pyridine rings is 1. The van der Waals surface area contributed by atoms with Gasteiger partial charge in [-0.05, 0) is 36.2 Å². The van der Waals surface area contributed by atoms with Gasteiger partial charge in [0.1, 0.15) is 25.4 Å². The lowest BCUT2D eigenvalue weighted by Gasteiger charge is -2.36. The normalized spacial score (nSPS) is 20.9. The van der Waals surface area contributed by atoms with Gasteiger partial charge in [-0.2, -0.15) is 0 Å². The summed E-state index contributed by atoms with van der Waals surface area (Å²) in [5.41, 5.74) is 3.29. The van der Waals surface area contributed by atoms with E-state index in [2.05, 4.69) is 34.1 Å². The van der Waals surface area contributed by atoms with E-state index in [1.165, 1.54) is 5.56 Å². The molecule has 0 aliphatic carbocycles. The number of aliphatic hydroxyl groups is 1. The lowest BCUT2D eigenvalue weighted by atomic mass is 10.0. The minimum atomic E-state index is -0.568. The molecule has 6 nitrogen and oxygen atoms in total. The molecule has 1 aromatic heterocycles. The number of ether oxygens (including phenoxy) is 3. The maximum atomic E-state index is 10.7. The van der Waals surface area contributed by atoms with Crippen molar-refractivity contribution in [3.05, 3.63) is 72.4 Å². The van der Waals surface area contributed by atoms with Crippen LogP contribution in [0, 0.1) is 0 Å². The molecule has 2 atom stereocenters. The molecule has 0 amide bonds. The van der Waals surface area contributed by atoms with E-state index in [-0.39, 0.29) is 6.10 Å². The highest BCUT2D eigenvalue weighted by atomic mass is 16.6. The molecule has 2 aromatic carbocycles. The van der Waals surface area contributed by atoms with Gasteiger partial charge in [-0.15, -0.1) is 0 Å². The van der Waals surface area contributed by atoms with Crippen molar-refractivity contribution in [2.75, 3.05) is 26.3 Å². The van der Waals surface area contributed by atoms with Crippen LogP contribution < -0.4 is 14.2 Å². The van der Waals surface area contributed by atoms with Crippen molar-refractivity contribution in [1.29, 1.82) is 0 Å². The van der Waals surface area contributed by atoms with Gasteiger partial charge < -0.3 is 19.3 Å². The number of aromatic nitrogens is 1. The first-order valence-corrected chi connectivity index (χ1v) is 10.7. The second kappa shape index (κ2) is 8.96. The number of piperidine rings is 1. The van der Waals surface area contributed by atoms with Crippen LogP contribution in [0.3, 0.4) is 0 Å². The third kappa shape index (κ3) is 4.50. The Balaban J connectivity index is 1.19. The summed E-state index contributed by atoms with van der Waals surface area (Å²) in [6.45, 7) is 3.27. The standard InChI is InChI=1S/C25H26N2O4/c28-21-17-27(16-18-7-9-19(10-8-18)20-4-1-2-12-26-20)13-11-22(21)31-24-6-3-5-23-25(24)30-15-14-29-23/h1-10,12,21-22,28H,11,13-17H2/t21-,22-/m1/s1. The van der Waals surface area contributed by atoms with E-state index in [1.54, 1.807) is 6.20 Å². The van der Waals surface area contributed by atoms with E-state index in [0.717, 1.165) is 30.8 Å². The van der Waals surface area contributed by atoms with E-state index in [9.17, 15) is 5.11 Å². The van der Waals surface area contributed by atoms with E-state index in [0.29, 0.717) is 37.0 Å². The van der Waals surface area contributed by atoms with Crippen LogP contribution in [0.25, 0.3) is 11.3 Å². The van der Waals surface area contributed by atoms with Crippen molar-refractivity contribution >= 4 is 0 Å². The molecule has 2 aliphatic rings. The molecule has 31 heavy (non-hydrogen) atoms. The molecule has 1 fully saturated rings. The van der Waals surface area contributed by atoms with Gasteiger partial charge in [0.05, 0.1) is 5.69 Å². The molecule has 1 N–H and O–H groups in total. The van der Waals surface area contributed by atoms with Gasteiger partial charge in [0.2, 0.25) is 5.75 Å². The van der Waals surface area contributed by atoms with Crippen LogP contribution >= 0.6 is 0 Å². The number of para-hydroxylation sites is 1. The van der Waals surface area contributed by atoms with Crippen LogP contribution in [0.4, 0.5) is 0 Å². The molecule has 3 heterocycles. The number of rotatable bonds is 5. The van der Waals surface area contributed by atoms with Crippen molar-refractivity contribution in [1.82, 2.24) is 9.88 Å². The Hall–Kier alpha value is -3.09. The molecule has 0 spiro atoms. The molecule has 0 unspecified atom stereocenters. The summed E-state index contributed by atoms with van der Waals surface area (Å²) in [7, 11) is 0. The van der Waals surface area contributed by atoms with Crippen molar-refractivity contribution in [3.63, 3.8) is 0 Å². The Morgan fingerprint density at radius 2 is 1.87 bits per heavy atom.